The van der Waals surface area contributed by atoms with Crippen molar-refractivity contribution in [1.82, 2.24) is 20.9 Å². The van der Waals surface area contributed by atoms with Crippen LogP contribution in [-0.4, -0.2) is 41.6 Å². The van der Waals surface area contributed by atoms with E-state index in [1.54, 1.807) is 23.5 Å². The Bertz CT molecular complexity index is 755. The average molecular weight is 375 g/mol. The Labute approximate surface area is 157 Å². The maximum atomic E-state index is 12.0. The smallest absolute Gasteiger partial charge is 0.251 e. The van der Waals surface area contributed by atoms with E-state index in [0.29, 0.717) is 31.2 Å². The number of aromatic hydroxyl groups is 1. The number of nitrogens with zero attached hydrogens (tertiary/aromatic N) is 2. The Morgan fingerprint density at radius 1 is 1.15 bits per heavy atom. The summed E-state index contributed by atoms with van der Waals surface area (Å²) in [7, 11) is 0. The first kappa shape index (κ1) is 19.7. The molecule has 0 fully saturated rings. The Hall–Kier alpha value is -2.61. The van der Waals surface area contributed by atoms with E-state index in [2.05, 4.69) is 25.9 Å². The van der Waals surface area contributed by atoms with Crippen LogP contribution in [0.2, 0.25) is 0 Å². The quantitative estimate of drug-likeness (QED) is 0.337. The SMILES string of the molecule is CCNC(=NCc1sc(C)nc1C)NCCNC(=O)c1ccc(O)cc1. The first-order valence-electron chi connectivity index (χ1n) is 8.52. The third kappa shape index (κ3) is 6.03. The summed E-state index contributed by atoms with van der Waals surface area (Å²) in [5.41, 5.74) is 1.53. The number of phenols is 1. The number of aliphatic imine (C=N–C) groups is 1. The molecule has 0 bridgehead atoms. The number of aryl methyl sites for hydroxylation is 2. The number of guanidine groups is 1. The number of benzene rings is 1. The normalized spacial score (nSPS) is 11.3. The molecular formula is C18H25N5O2S. The van der Waals surface area contributed by atoms with Gasteiger partial charge in [-0.15, -0.1) is 11.3 Å². The van der Waals surface area contributed by atoms with Gasteiger partial charge in [-0.2, -0.15) is 0 Å². The molecule has 2 rings (SSSR count). The summed E-state index contributed by atoms with van der Waals surface area (Å²) in [6.45, 7) is 8.34. The van der Waals surface area contributed by atoms with Crippen LogP contribution < -0.4 is 16.0 Å². The van der Waals surface area contributed by atoms with Gasteiger partial charge in [-0.25, -0.2) is 9.98 Å². The first-order chi connectivity index (χ1) is 12.5. The number of hydrogen-bond donors (Lipinski definition) is 4. The highest BCUT2D eigenvalue weighted by Crippen LogP contribution is 2.17. The number of carbonyl (C=O) groups excluding carboxylic acids is 1. The van der Waals surface area contributed by atoms with Crippen molar-refractivity contribution in [3.05, 3.63) is 45.4 Å². The van der Waals surface area contributed by atoms with Crippen molar-refractivity contribution in [3.63, 3.8) is 0 Å². The molecule has 7 nitrogen and oxygen atoms in total. The van der Waals surface area contributed by atoms with Crippen molar-refractivity contribution < 1.29 is 9.90 Å². The summed E-state index contributed by atoms with van der Waals surface area (Å²) in [5, 5.41) is 19.5. The van der Waals surface area contributed by atoms with E-state index in [1.807, 2.05) is 20.8 Å². The minimum atomic E-state index is -0.176. The lowest BCUT2D eigenvalue weighted by atomic mass is 10.2. The van der Waals surface area contributed by atoms with Crippen LogP contribution in [0.5, 0.6) is 5.75 Å². The molecule has 0 aliphatic heterocycles. The van der Waals surface area contributed by atoms with E-state index >= 15 is 0 Å². The van der Waals surface area contributed by atoms with E-state index in [0.717, 1.165) is 22.1 Å². The fourth-order valence-corrected chi connectivity index (χ4v) is 3.15. The van der Waals surface area contributed by atoms with E-state index in [4.69, 9.17) is 0 Å². The molecule has 0 atom stereocenters. The van der Waals surface area contributed by atoms with Gasteiger partial charge >= 0.3 is 0 Å². The van der Waals surface area contributed by atoms with Gasteiger partial charge < -0.3 is 21.1 Å². The van der Waals surface area contributed by atoms with Gasteiger partial charge in [0, 0.05) is 30.1 Å². The van der Waals surface area contributed by atoms with Crippen LogP contribution >= 0.6 is 11.3 Å². The summed E-state index contributed by atoms with van der Waals surface area (Å²) >= 11 is 1.66. The second kappa shape index (κ2) is 9.76. The fraction of sp³-hybridized carbons (Fsp3) is 0.389. The van der Waals surface area contributed by atoms with E-state index in [-0.39, 0.29) is 11.7 Å². The lowest BCUT2D eigenvalue weighted by Crippen LogP contribution is -2.41. The molecule has 1 heterocycles. The molecule has 0 aliphatic carbocycles. The Kier molecular flexibility index (Phi) is 7.40. The van der Waals surface area contributed by atoms with Crippen molar-refractivity contribution in [2.75, 3.05) is 19.6 Å². The van der Waals surface area contributed by atoms with Crippen LogP contribution in [0.1, 0.15) is 32.9 Å². The molecule has 1 aromatic carbocycles. The largest absolute Gasteiger partial charge is 0.508 e. The number of nitrogens with one attached hydrogen (secondary N) is 3. The molecule has 0 unspecified atom stereocenters. The second-order valence-corrected chi connectivity index (χ2v) is 6.95. The first-order valence-corrected chi connectivity index (χ1v) is 9.33. The van der Waals surface area contributed by atoms with E-state index in [1.165, 1.54) is 12.1 Å². The number of phenolic OH excluding ortho intramolecular Hbond substituents is 1. The third-order valence-electron chi connectivity index (χ3n) is 3.56. The molecule has 1 aromatic heterocycles. The minimum absolute atomic E-state index is 0.140. The number of carbonyl (C=O) groups is 1. The van der Waals surface area contributed by atoms with Crippen molar-refractivity contribution in [3.8, 4) is 5.75 Å². The number of hydrogen-bond acceptors (Lipinski definition) is 5. The molecule has 0 saturated carbocycles. The van der Waals surface area contributed by atoms with Crippen molar-refractivity contribution in [2.24, 2.45) is 4.99 Å². The lowest BCUT2D eigenvalue weighted by Gasteiger charge is -2.12. The van der Waals surface area contributed by atoms with E-state index in [9.17, 15) is 9.90 Å². The zero-order valence-electron chi connectivity index (χ0n) is 15.3. The molecule has 140 valence electrons. The van der Waals surface area contributed by atoms with Crippen LogP contribution in [0.3, 0.4) is 0 Å². The van der Waals surface area contributed by atoms with Crippen LogP contribution in [0, 0.1) is 13.8 Å². The predicted molar refractivity (Wildman–Crippen MR) is 105 cm³/mol. The lowest BCUT2D eigenvalue weighted by molar-refractivity contribution is 0.0954. The molecule has 4 N–H and O–H groups in total. The van der Waals surface area contributed by atoms with Gasteiger partial charge in [0.2, 0.25) is 0 Å². The molecule has 2 aromatic rings. The molecule has 0 saturated heterocycles. The highest BCUT2D eigenvalue weighted by molar-refractivity contribution is 7.11. The summed E-state index contributed by atoms with van der Waals surface area (Å²) < 4.78 is 0. The van der Waals surface area contributed by atoms with Crippen molar-refractivity contribution in [2.45, 2.75) is 27.3 Å². The van der Waals surface area contributed by atoms with Gasteiger partial charge in [-0.3, -0.25) is 4.79 Å². The van der Waals surface area contributed by atoms with Crippen molar-refractivity contribution in [1.29, 1.82) is 0 Å². The van der Waals surface area contributed by atoms with Gasteiger partial charge in [-0.1, -0.05) is 0 Å². The summed E-state index contributed by atoms with van der Waals surface area (Å²) in [6, 6.07) is 6.16. The predicted octanol–water partition coefficient (Wildman–Crippen LogP) is 1.95. The summed E-state index contributed by atoms with van der Waals surface area (Å²) in [5.74, 6) is 0.669. The van der Waals surface area contributed by atoms with Gasteiger partial charge in [0.25, 0.3) is 5.91 Å². The zero-order valence-corrected chi connectivity index (χ0v) is 16.1. The number of thiazole rings is 1. The number of rotatable bonds is 7. The highest BCUT2D eigenvalue weighted by Gasteiger charge is 2.06. The van der Waals surface area contributed by atoms with Crippen LogP contribution in [0.4, 0.5) is 0 Å². The van der Waals surface area contributed by atoms with Crippen LogP contribution in [-0.2, 0) is 6.54 Å². The average Bonchev–Trinajstić information content (AvgIpc) is 2.94. The Balaban J connectivity index is 1.80. The Morgan fingerprint density at radius 3 is 2.46 bits per heavy atom. The molecular weight excluding hydrogens is 350 g/mol. The van der Waals surface area contributed by atoms with Gasteiger partial charge in [0.05, 0.1) is 17.2 Å². The third-order valence-corrected chi connectivity index (χ3v) is 4.61. The fourth-order valence-electron chi connectivity index (χ4n) is 2.28. The minimum Gasteiger partial charge on any atom is -0.508 e. The van der Waals surface area contributed by atoms with Crippen LogP contribution in [0.15, 0.2) is 29.3 Å². The Morgan fingerprint density at radius 2 is 1.85 bits per heavy atom. The van der Waals surface area contributed by atoms with Gasteiger partial charge in [-0.05, 0) is 45.0 Å². The maximum Gasteiger partial charge on any atom is 0.251 e. The number of aromatic nitrogens is 1. The van der Waals surface area contributed by atoms with Gasteiger partial charge in [0.1, 0.15) is 5.75 Å². The summed E-state index contributed by atoms with van der Waals surface area (Å²) in [6.07, 6.45) is 0. The monoisotopic (exact) mass is 375 g/mol. The highest BCUT2D eigenvalue weighted by atomic mass is 32.1. The molecule has 1 amide bonds. The van der Waals surface area contributed by atoms with Crippen molar-refractivity contribution >= 4 is 23.2 Å². The summed E-state index contributed by atoms with van der Waals surface area (Å²) in [4.78, 5) is 22.1. The van der Waals surface area contributed by atoms with Crippen LogP contribution in [0.25, 0.3) is 0 Å². The van der Waals surface area contributed by atoms with Gasteiger partial charge in [0.15, 0.2) is 5.96 Å². The zero-order chi connectivity index (χ0) is 18.9. The maximum absolute atomic E-state index is 12.0. The molecule has 26 heavy (non-hydrogen) atoms. The van der Waals surface area contributed by atoms with E-state index < -0.39 is 0 Å². The topological polar surface area (TPSA) is 98.6 Å². The molecule has 0 aliphatic rings. The second-order valence-electron chi connectivity index (χ2n) is 5.67. The molecule has 8 heteroatoms. The molecule has 0 radical (unpaired) electrons. The number of amides is 1. The standard InChI is InChI=1S/C18H25N5O2S/c1-4-19-18(22-11-16-12(2)23-13(3)26-16)21-10-9-20-17(25)14-5-7-15(24)8-6-14/h5-8,24H,4,9-11H2,1-3H3,(H,20,25)(H2,19,21,22). The molecule has 0 spiro atoms.